The van der Waals surface area contributed by atoms with Crippen LogP contribution in [0.2, 0.25) is 0 Å². The van der Waals surface area contributed by atoms with Crippen molar-refractivity contribution in [3.8, 4) is 0 Å². The maximum atomic E-state index is 13.1. The van der Waals surface area contributed by atoms with Crippen molar-refractivity contribution in [2.45, 2.75) is 6.10 Å². The predicted molar refractivity (Wildman–Crippen MR) is 68.8 cm³/mol. The van der Waals surface area contributed by atoms with Crippen LogP contribution >= 0.6 is 12.2 Å². The number of halogens is 2. The number of hydrogen-bond donors (Lipinski definition) is 1. The van der Waals surface area contributed by atoms with Gasteiger partial charge in [0.1, 0.15) is 11.1 Å². The summed E-state index contributed by atoms with van der Waals surface area (Å²) < 4.78 is 31.2. The predicted octanol–water partition coefficient (Wildman–Crippen LogP) is 1.09. The van der Waals surface area contributed by atoms with E-state index in [-0.39, 0.29) is 17.1 Å². The van der Waals surface area contributed by atoms with E-state index in [2.05, 4.69) is 0 Å². The molecule has 1 heterocycles. The summed E-state index contributed by atoms with van der Waals surface area (Å²) in [5, 5.41) is 0. The number of amides is 1. The molecule has 1 amide bonds. The van der Waals surface area contributed by atoms with Crippen LogP contribution in [0.15, 0.2) is 18.2 Å². The van der Waals surface area contributed by atoms with Crippen molar-refractivity contribution in [2.75, 3.05) is 19.7 Å². The lowest BCUT2D eigenvalue weighted by atomic mass is 10.1. The van der Waals surface area contributed by atoms with Gasteiger partial charge < -0.3 is 15.4 Å². The zero-order valence-corrected chi connectivity index (χ0v) is 10.8. The van der Waals surface area contributed by atoms with E-state index in [0.717, 1.165) is 12.1 Å². The molecule has 0 saturated carbocycles. The average molecular weight is 286 g/mol. The van der Waals surface area contributed by atoms with Crippen LogP contribution in [0, 0.1) is 11.6 Å². The molecule has 2 rings (SSSR count). The first-order valence-corrected chi connectivity index (χ1v) is 6.05. The largest absolute Gasteiger partial charge is 0.391 e. The van der Waals surface area contributed by atoms with Gasteiger partial charge in [-0.25, -0.2) is 8.78 Å². The van der Waals surface area contributed by atoms with Gasteiger partial charge in [0, 0.05) is 12.1 Å². The summed E-state index contributed by atoms with van der Waals surface area (Å²) in [4.78, 5) is 13.8. The van der Waals surface area contributed by atoms with Gasteiger partial charge in [0.15, 0.2) is 11.6 Å². The Labute approximate surface area is 114 Å². The lowest BCUT2D eigenvalue weighted by molar-refractivity contribution is 0.00876. The van der Waals surface area contributed by atoms with Gasteiger partial charge >= 0.3 is 0 Å². The molecule has 0 aliphatic carbocycles. The molecule has 1 aliphatic rings. The van der Waals surface area contributed by atoms with Gasteiger partial charge in [0.2, 0.25) is 0 Å². The topological polar surface area (TPSA) is 55.6 Å². The third-order valence-corrected chi connectivity index (χ3v) is 3.10. The molecule has 0 aromatic heterocycles. The van der Waals surface area contributed by atoms with E-state index in [1.54, 1.807) is 0 Å². The highest BCUT2D eigenvalue weighted by molar-refractivity contribution is 7.80. The fraction of sp³-hybridized carbons (Fsp3) is 0.333. The molecule has 1 aromatic carbocycles. The van der Waals surface area contributed by atoms with Crippen LogP contribution in [-0.2, 0) is 4.74 Å². The highest BCUT2D eigenvalue weighted by atomic mass is 32.1. The minimum atomic E-state index is -1.05. The molecule has 1 atom stereocenters. The lowest BCUT2D eigenvalue weighted by Crippen LogP contribution is -2.49. The number of thiocarbonyl (C=S) groups is 1. The second-order valence-corrected chi connectivity index (χ2v) is 4.61. The molecular formula is C12H12F2N2O2S. The van der Waals surface area contributed by atoms with Crippen LogP contribution in [0.5, 0.6) is 0 Å². The summed E-state index contributed by atoms with van der Waals surface area (Å²) in [6, 6.07) is 3.04. The van der Waals surface area contributed by atoms with Crippen molar-refractivity contribution >= 4 is 23.1 Å². The minimum Gasteiger partial charge on any atom is -0.391 e. The number of carbonyl (C=O) groups is 1. The van der Waals surface area contributed by atoms with Gasteiger partial charge in [-0.1, -0.05) is 12.2 Å². The number of carbonyl (C=O) groups excluding carboxylic acids is 1. The van der Waals surface area contributed by atoms with Crippen LogP contribution in [0.4, 0.5) is 8.78 Å². The quantitative estimate of drug-likeness (QED) is 0.827. The highest BCUT2D eigenvalue weighted by Crippen LogP contribution is 2.14. The Morgan fingerprint density at radius 3 is 2.79 bits per heavy atom. The molecule has 2 N–H and O–H groups in total. The molecule has 0 radical (unpaired) electrons. The van der Waals surface area contributed by atoms with E-state index in [1.165, 1.54) is 11.0 Å². The third-order valence-electron chi connectivity index (χ3n) is 2.84. The number of morpholine rings is 1. The summed E-state index contributed by atoms with van der Waals surface area (Å²) >= 11 is 4.81. The molecule has 4 nitrogen and oxygen atoms in total. The van der Waals surface area contributed by atoms with Crippen LogP contribution in [0.3, 0.4) is 0 Å². The number of rotatable bonds is 2. The Morgan fingerprint density at radius 2 is 2.16 bits per heavy atom. The zero-order chi connectivity index (χ0) is 14.0. The maximum Gasteiger partial charge on any atom is 0.254 e. The fourth-order valence-electron chi connectivity index (χ4n) is 1.82. The number of benzene rings is 1. The Hall–Kier alpha value is -1.60. The first-order valence-electron chi connectivity index (χ1n) is 5.64. The first kappa shape index (κ1) is 13.8. The summed E-state index contributed by atoms with van der Waals surface area (Å²) in [7, 11) is 0. The lowest BCUT2D eigenvalue weighted by Gasteiger charge is -2.32. The van der Waals surface area contributed by atoms with Crippen molar-refractivity contribution in [2.24, 2.45) is 5.73 Å². The Kier molecular flexibility index (Phi) is 4.06. The normalized spacial score (nSPS) is 19.3. The van der Waals surface area contributed by atoms with Crippen molar-refractivity contribution in [1.29, 1.82) is 0 Å². The maximum absolute atomic E-state index is 13.1. The summed E-state index contributed by atoms with van der Waals surface area (Å²) in [6.45, 7) is 0.877. The number of ether oxygens (including phenoxy) is 1. The van der Waals surface area contributed by atoms with Crippen molar-refractivity contribution in [1.82, 2.24) is 4.90 Å². The molecular weight excluding hydrogens is 274 g/mol. The highest BCUT2D eigenvalue weighted by Gasteiger charge is 2.26. The first-order chi connectivity index (χ1) is 8.99. The molecule has 0 bridgehead atoms. The SMILES string of the molecule is NC(=S)C1CN(C(=O)c2ccc(F)c(F)c2)CCO1. The molecule has 1 fully saturated rings. The van der Waals surface area contributed by atoms with Gasteiger partial charge in [-0.3, -0.25) is 4.79 Å². The fourth-order valence-corrected chi connectivity index (χ4v) is 1.96. The standard InChI is InChI=1S/C12H12F2N2O2S/c13-8-2-1-7(5-9(8)14)12(17)16-3-4-18-10(6-16)11(15)19/h1-2,5,10H,3-4,6H2,(H2,15,19). The van der Waals surface area contributed by atoms with Crippen LogP contribution < -0.4 is 5.73 Å². The molecule has 1 unspecified atom stereocenters. The Bertz CT molecular complexity index is 524. The molecule has 0 spiro atoms. The zero-order valence-electron chi connectivity index (χ0n) is 9.94. The molecule has 19 heavy (non-hydrogen) atoms. The molecule has 102 valence electrons. The Balaban J connectivity index is 2.14. The van der Waals surface area contributed by atoms with Gasteiger partial charge in [-0.15, -0.1) is 0 Å². The molecule has 7 heteroatoms. The number of hydrogen-bond acceptors (Lipinski definition) is 3. The van der Waals surface area contributed by atoms with Gasteiger partial charge in [-0.05, 0) is 18.2 Å². The second kappa shape index (κ2) is 5.58. The molecule has 1 saturated heterocycles. The van der Waals surface area contributed by atoms with Gasteiger partial charge in [0.25, 0.3) is 5.91 Å². The van der Waals surface area contributed by atoms with E-state index < -0.39 is 23.6 Å². The summed E-state index contributed by atoms with van der Waals surface area (Å²) in [5.41, 5.74) is 5.56. The smallest absolute Gasteiger partial charge is 0.254 e. The minimum absolute atomic E-state index is 0.0856. The van der Waals surface area contributed by atoms with Gasteiger partial charge in [0.05, 0.1) is 13.2 Å². The summed E-state index contributed by atoms with van der Waals surface area (Å²) in [6.07, 6.45) is -0.502. The van der Waals surface area contributed by atoms with E-state index in [9.17, 15) is 13.6 Å². The van der Waals surface area contributed by atoms with E-state index >= 15 is 0 Å². The van der Waals surface area contributed by atoms with Gasteiger partial charge in [-0.2, -0.15) is 0 Å². The van der Waals surface area contributed by atoms with Crippen molar-refractivity contribution in [3.05, 3.63) is 35.4 Å². The second-order valence-electron chi connectivity index (χ2n) is 4.14. The summed E-state index contributed by atoms with van der Waals surface area (Å²) in [5.74, 6) is -2.44. The molecule has 1 aliphatic heterocycles. The Morgan fingerprint density at radius 1 is 1.42 bits per heavy atom. The average Bonchev–Trinajstić information content (AvgIpc) is 2.41. The van der Waals surface area contributed by atoms with Crippen LogP contribution in [0.25, 0.3) is 0 Å². The van der Waals surface area contributed by atoms with Crippen LogP contribution in [0.1, 0.15) is 10.4 Å². The van der Waals surface area contributed by atoms with Crippen molar-refractivity contribution in [3.63, 3.8) is 0 Å². The monoisotopic (exact) mass is 286 g/mol. The third kappa shape index (κ3) is 3.05. The molecule has 1 aromatic rings. The van der Waals surface area contributed by atoms with E-state index in [1.807, 2.05) is 0 Å². The van der Waals surface area contributed by atoms with E-state index in [4.69, 9.17) is 22.7 Å². The number of nitrogens with two attached hydrogens (primary N) is 1. The van der Waals surface area contributed by atoms with Crippen LogP contribution in [-0.4, -0.2) is 41.6 Å². The number of nitrogens with zero attached hydrogens (tertiary/aromatic N) is 1. The van der Waals surface area contributed by atoms with Crippen molar-refractivity contribution < 1.29 is 18.3 Å². The van der Waals surface area contributed by atoms with E-state index in [0.29, 0.717) is 13.2 Å².